The molecule has 2 heteroatoms. The van der Waals surface area contributed by atoms with Gasteiger partial charge in [-0.25, -0.2) is 0 Å². The highest BCUT2D eigenvalue weighted by Gasteiger charge is 2.07. The predicted molar refractivity (Wildman–Crippen MR) is 70.3 cm³/mol. The standard InChI is InChI=1S/C14H24N2/c1-4-5-6-14(16-15)10-13-8-7-11(2)12(3)9-13/h7-9,14,16H,4-6,10,15H2,1-3H3. The lowest BCUT2D eigenvalue weighted by Gasteiger charge is -2.16. The monoisotopic (exact) mass is 220 g/mol. The Labute approximate surface area is 99.2 Å². The van der Waals surface area contributed by atoms with Gasteiger partial charge in [-0.05, 0) is 43.4 Å². The molecule has 90 valence electrons. The maximum Gasteiger partial charge on any atom is 0.0250 e. The van der Waals surface area contributed by atoms with Gasteiger partial charge in [0.2, 0.25) is 0 Å². The fourth-order valence-corrected chi connectivity index (χ4v) is 1.91. The molecule has 3 N–H and O–H groups in total. The van der Waals surface area contributed by atoms with E-state index >= 15 is 0 Å². The van der Waals surface area contributed by atoms with Gasteiger partial charge < -0.3 is 0 Å². The number of aryl methyl sites for hydroxylation is 2. The summed E-state index contributed by atoms with van der Waals surface area (Å²) in [5, 5.41) is 0. The van der Waals surface area contributed by atoms with Crippen molar-refractivity contribution in [1.29, 1.82) is 0 Å². The summed E-state index contributed by atoms with van der Waals surface area (Å²) in [7, 11) is 0. The van der Waals surface area contributed by atoms with E-state index in [0.29, 0.717) is 6.04 Å². The van der Waals surface area contributed by atoms with E-state index in [1.54, 1.807) is 0 Å². The van der Waals surface area contributed by atoms with E-state index in [0.717, 1.165) is 12.8 Å². The lowest BCUT2D eigenvalue weighted by atomic mass is 9.98. The van der Waals surface area contributed by atoms with Crippen LogP contribution in [0.25, 0.3) is 0 Å². The number of unbranched alkanes of at least 4 members (excludes halogenated alkanes) is 1. The van der Waals surface area contributed by atoms with Crippen molar-refractivity contribution >= 4 is 0 Å². The number of nitrogens with two attached hydrogens (primary N) is 1. The molecule has 0 saturated carbocycles. The van der Waals surface area contributed by atoms with Crippen LogP contribution in [-0.4, -0.2) is 6.04 Å². The first-order chi connectivity index (χ1) is 7.67. The summed E-state index contributed by atoms with van der Waals surface area (Å²) in [6, 6.07) is 7.07. The molecular weight excluding hydrogens is 196 g/mol. The fourth-order valence-electron chi connectivity index (χ4n) is 1.91. The third-order valence-electron chi connectivity index (χ3n) is 3.20. The van der Waals surface area contributed by atoms with Crippen molar-refractivity contribution in [3.63, 3.8) is 0 Å². The maximum absolute atomic E-state index is 5.58. The van der Waals surface area contributed by atoms with Crippen LogP contribution >= 0.6 is 0 Å². The SMILES string of the molecule is CCCCC(Cc1ccc(C)c(C)c1)NN. The minimum Gasteiger partial charge on any atom is -0.271 e. The zero-order chi connectivity index (χ0) is 12.0. The zero-order valence-electron chi connectivity index (χ0n) is 10.7. The summed E-state index contributed by atoms with van der Waals surface area (Å²) in [5.41, 5.74) is 7.02. The van der Waals surface area contributed by atoms with Crippen LogP contribution in [0.15, 0.2) is 18.2 Å². The van der Waals surface area contributed by atoms with Crippen LogP contribution in [0.3, 0.4) is 0 Å². The Kier molecular flexibility index (Phi) is 5.50. The molecule has 0 radical (unpaired) electrons. The molecular formula is C14H24N2. The van der Waals surface area contributed by atoms with E-state index in [1.807, 2.05) is 0 Å². The van der Waals surface area contributed by atoms with E-state index in [9.17, 15) is 0 Å². The highest BCUT2D eigenvalue weighted by molar-refractivity contribution is 5.30. The molecule has 1 aromatic carbocycles. The van der Waals surface area contributed by atoms with Crippen molar-refractivity contribution in [3.05, 3.63) is 34.9 Å². The first kappa shape index (κ1) is 13.2. The van der Waals surface area contributed by atoms with E-state index in [2.05, 4.69) is 44.4 Å². The topological polar surface area (TPSA) is 38.0 Å². The summed E-state index contributed by atoms with van der Waals surface area (Å²) in [5.74, 6) is 5.58. The molecule has 1 aromatic rings. The van der Waals surface area contributed by atoms with Crippen LogP contribution in [0.5, 0.6) is 0 Å². The second-order valence-electron chi connectivity index (χ2n) is 4.63. The van der Waals surface area contributed by atoms with Gasteiger partial charge in [-0.2, -0.15) is 0 Å². The van der Waals surface area contributed by atoms with Crippen molar-refractivity contribution in [2.75, 3.05) is 0 Å². The Balaban J connectivity index is 2.59. The van der Waals surface area contributed by atoms with Gasteiger partial charge in [0.15, 0.2) is 0 Å². The Morgan fingerprint density at radius 1 is 1.25 bits per heavy atom. The third-order valence-corrected chi connectivity index (χ3v) is 3.20. The van der Waals surface area contributed by atoms with Crippen LogP contribution in [0, 0.1) is 13.8 Å². The quantitative estimate of drug-likeness (QED) is 0.571. The summed E-state index contributed by atoms with van der Waals surface area (Å²) in [6.45, 7) is 6.52. The van der Waals surface area contributed by atoms with Gasteiger partial charge in [0.25, 0.3) is 0 Å². The molecule has 0 aromatic heterocycles. The molecule has 0 aliphatic carbocycles. The summed E-state index contributed by atoms with van der Waals surface area (Å²) in [4.78, 5) is 0. The fraction of sp³-hybridized carbons (Fsp3) is 0.571. The van der Waals surface area contributed by atoms with E-state index in [-0.39, 0.29) is 0 Å². The van der Waals surface area contributed by atoms with Crippen LogP contribution in [0.4, 0.5) is 0 Å². The van der Waals surface area contributed by atoms with Crippen LogP contribution in [0.1, 0.15) is 42.9 Å². The molecule has 0 aliphatic rings. The Morgan fingerprint density at radius 2 is 2.00 bits per heavy atom. The molecule has 2 nitrogen and oxygen atoms in total. The van der Waals surface area contributed by atoms with E-state index in [1.165, 1.54) is 29.5 Å². The smallest absolute Gasteiger partial charge is 0.0250 e. The van der Waals surface area contributed by atoms with Gasteiger partial charge in [0.1, 0.15) is 0 Å². The molecule has 0 fully saturated rings. The van der Waals surface area contributed by atoms with Gasteiger partial charge in [-0.1, -0.05) is 38.0 Å². The first-order valence-electron chi connectivity index (χ1n) is 6.19. The van der Waals surface area contributed by atoms with Crippen LogP contribution in [0.2, 0.25) is 0 Å². The molecule has 0 heterocycles. The zero-order valence-corrected chi connectivity index (χ0v) is 10.7. The van der Waals surface area contributed by atoms with Crippen molar-refractivity contribution in [3.8, 4) is 0 Å². The summed E-state index contributed by atoms with van der Waals surface area (Å²) >= 11 is 0. The van der Waals surface area contributed by atoms with Gasteiger partial charge in [-0.3, -0.25) is 11.3 Å². The molecule has 0 saturated heterocycles. The Hall–Kier alpha value is -0.860. The normalized spacial score (nSPS) is 12.8. The van der Waals surface area contributed by atoms with Crippen LogP contribution < -0.4 is 11.3 Å². The van der Waals surface area contributed by atoms with Crippen molar-refractivity contribution in [2.24, 2.45) is 5.84 Å². The number of rotatable bonds is 6. The third kappa shape index (κ3) is 3.95. The number of nitrogens with one attached hydrogen (secondary N) is 1. The average Bonchev–Trinajstić information content (AvgIpc) is 2.29. The maximum atomic E-state index is 5.58. The number of hydrogen-bond acceptors (Lipinski definition) is 2. The largest absolute Gasteiger partial charge is 0.271 e. The second-order valence-corrected chi connectivity index (χ2v) is 4.63. The first-order valence-corrected chi connectivity index (χ1v) is 6.19. The minimum absolute atomic E-state index is 0.405. The molecule has 0 amide bonds. The lowest BCUT2D eigenvalue weighted by Crippen LogP contribution is -2.36. The van der Waals surface area contributed by atoms with E-state index < -0.39 is 0 Å². The minimum atomic E-state index is 0.405. The van der Waals surface area contributed by atoms with Gasteiger partial charge >= 0.3 is 0 Å². The summed E-state index contributed by atoms with van der Waals surface area (Å²) in [6.07, 6.45) is 4.64. The predicted octanol–water partition coefficient (Wildman–Crippen LogP) is 2.87. The number of hydrazine groups is 1. The van der Waals surface area contributed by atoms with Crippen molar-refractivity contribution < 1.29 is 0 Å². The Morgan fingerprint density at radius 3 is 2.56 bits per heavy atom. The van der Waals surface area contributed by atoms with Gasteiger partial charge in [0.05, 0.1) is 0 Å². The molecule has 16 heavy (non-hydrogen) atoms. The highest BCUT2D eigenvalue weighted by Crippen LogP contribution is 2.13. The Bertz CT molecular complexity index is 321. The van der Waals surface area contributed by atoms with Crippen molar-refractivity contribution in [2.45, 2.75) is 52.5 Å². The molecule has 1 unspecified atom stereocenters. The van der Waals surface area contributed by atoms with Crippen molar-refractivity contribution in [1.82, 2.24) is 5.43 Å². The van der Waals surface area contributed by atoms with Crippen LogP contribution in [-0.2, 0) is 6.42 Å². The number of hydrogen-bond donors (Lipinski definition) is 2. The van der Waals surface area contributed by atoms with Gasteiger partial charge in [0, 0.05) is 6.04 Å². The molecule has 1 rings (SSSR count). The molecule has 0 aliphatic heterocycles. The number of benzene rings is 1. The van der Waals surface area contributed by atoms with E-state index in [4.69, 9.17) is 5.84 Å². The molecule has 0 spiro atoms. The lowest BCUT2D eigenvalue weighted by molar-refractivity contribution is 0.473. The molecule has 1 atom stereocenters. The average molecular weight is 220 g/mol. The summed E-state index contributed by atoms with van der Waals surface area (Å²) < 4.78 is 0. The highest BCUT2D eigenvalue weighted by atomic mass is 15.2. The molecule has 0 bridgehead atoms. The van der Waals surface area contributed by atoms with Gasteiger partial charge in [-0.15, -0.1) is 0 Å². The second kappa shape index (κ2) is 6.66.